The zero-order valence-electron chi connectivity index (χ0n) is 12.9. The summed E-state index contributed by atoms with van der Waals surface area (Å²) in [4.78, 5) is 12.7. The van der Waals surface area contributed by atoms with Crippen molar-refractivity contribution >= 4 is 22.5 Å². The van der Waals surface area contributed by atoms with Crippen molar-refractivity contribution in [3.8, 4) is 5.75 Å². The topological polar surface area (TPSA) is 48.7 Å². The molecule has 23 heavy (non-hydrogen) atoms. The lowest BCUT2D eigenvalue weighted by molar-refractivity contribution is 0.104. The lowest BCUT2D eigenvalue weighted by Crippen LogP contribution is -2.01. The fraction of sp³-hybridized carbons (Fsp3) is 0.105. The van der Waals surface area contributed by atoms with Crippen LogP contribution in [-0.2, 0) is 4.74 Å². The first-order valence-corrected chi connectivity index (χ1v) is 7.14. The highest BCUT2D eigenvalue weighted by molar-refractivity contribution is 6.12. The Hall–Kier alpha value is -3.01. The van der Waals surface area contributed by atoms with Crippen LogP contribution in [0.4, 0.5) is 0 Å². The highest BCUT2D eigenvalue weighted by atomic mass is 16.5. The number of carbonyl (C=O) groups excluding carboxylic acids is 1. The number of hydrogen-bond donors (Lipinski definition) is 0. The average Bonchev–Trinajstić information content (AvgIpc) is 3.08. The fourth-order valence-electron chi connectivity index (χ4n) is 2.49. The predicted octanol–water partition coefficient (Wildman–Crippen LogP) is 4.31. The number of rotatable bonds is 5. The van der Waals surface area contributed by atoms with E-state index in [4.69, 9.17) is 13.9 Å². The minimum atomic E-state index is -0.189. The van der Waals surface area contributed by atoms with Crippen LogP contribution in [0.25, 0.3) is 16.7 Å². The molecular formula is C19H16O4. The van der Waals surface area contributed by atoms with Gasteiger partial charge in [0.05, 0.1) is 31.4 Å². The van der Waals surface area contributed by atoms with Gasteiger partial charge in [0.25, 0.3) is 0 Å². The molecule has 0 fully saturated rings. The van der Waals surface area contributed by atoms with Crippen LogP contribution in [0.5, 0.6) is 5.75 Å². The Bertz CT molecular complexity index is 859. The third-order valence-electron chi connectivity index (χ3n) is 3.60. The van der Waals surface area contributed by atoms with Crippen molar-refractivity contribution in [1.29, 1.82) is 0 Å². The van der Waals surface area contributed by atoms with Crippen molar-refractivity contribution in [3.63, 3.8) is 0 Å². The van der Waals surface area contributed by atoms with Crippen molar-refractivity contribution in [3.05, 3.63) is 72.0 Å². The molecule has 1 heterocycles. The molecule has 3 rings (SSSR count). The number of ketones is 1. The Balaban J connectivity index is 2.04. The van der Waals surface area contributed by atoms with Crippen LogP contribution in [0, 0.1) is 0 Å². The first-order valence-electron chi connectivity index (χ1n) is 7.14. The second-order valence-corrected chi connectivity index (χ2v) is 4.92. The number of carbonyl (C=O) groups is 1. The number of furan rings is 1. The molecule has 4 heteroatoms. The van der Waals surface area contributed by atoms with Crippen LogP contribution in [0.3, 0.4) is 0 Å². The molecule has 2 aromatic carbocycles. The lowest BCUT2D eigenvalue weighted by atomic mass is 10.0. The lowest BCUT2D eigenvalue weighted by Gasteiger charge is -2.09. The molecule has 0 aliphatic carbocycles. The van der Waals surface area contributed by atoms with Crippen LogP contribution in [0.15, 0.2) is 65.3 Å². The molecule has 0 unspecified atom stereocenters. The minimum absolute atomic E-state index is 0.189. The summed E-state index contributed by atoms with van der Waals surface area (Å²) in [5, 5.41) is 0.769. The molecule has 1 aromatic heterocycles. The number of fused-ring (bicyclic) bond motifs is 1. The van der Waals surface area contributed by atoms with E-state index in [0.29, 0.717) is 22.7 Å². The summed E-state index contributed by atoms with van der Waals surface area (Å²) in [7, 11) is 3.08. The fourth-order valence-corrected chi connectivity index (χ4v) is 2.49. The molecule has 4 nitrogen and oxygen atoms in total. The number of methoxy groups -OCH3 is 2. The van der Waals surface area contributed by atoms with Crippen LogP contribution in [0.1, 0.15) is 15.9 Å². The molecule has 3 aromatic rings. The first kappa shape index (κ1) is 14.9. The van der Waals surface area contributed by atoms with E-state index in [1.807, 2.05) is 30.3 Å². The zero-order valence-corrected chi connectivity index (χ0v) is 12.9. The highest BCUT2D eigenvalue weighted by Gasteiger charge is 2.16. The largest absolute Gasteiger partial charge is 0.496 e. The molecule has 0 amide bonds. The summed E-state index contributed by atoms with van der Waals surface area (Å²) < 4.78 is 16.1. The summed E-state index contributed by atoms with van der Waals surface area (Å²) in [6.07, 6.45) is 3.04. The quantitative estimate of drug-likeness (QED) is 0.400. The van der Waals surface area contributed by atoms with Crippen LogP contribution in [0.2, 0.25) is 0 Å². The van der Waals surface area contributed by atoms with E-state index >= 15 is 0 Å². The maximum absolute atomic E-state index is 12.7. The third kappa shape index (κ3) is 2.83. The van der Waals surface area contributed by atoms with Crippen molar-refractivity contribution in [2.75, 3.05) is 14.2 Å². The van der Waals surface area contributed by atoms with Crippen LogP contribution >= 0.6 is 0 Å². The Morgan fingerprint density at radius 3 is 2.52 bits per heavy atom. The molecule has 0 aliphatic heterocycles. The van der Waals surface area contributed by atoms with E-state index < -0.39 is 0 Å². The van der Waals surface area contributed by atoms with Gasteiger partial charge in [-0.05, 0) is 18.2 Å². The van der Waals surface area contributed by atoms with Gasteiger partial charge in [-0.25, -0.2) is 0 Å². The summed E-state index contributed by atoms with van der Waals surface area (Å²) in [6.45, 7) is 0. The Morgan fingerprint density at radius 1 is 1.04 bits per heavy atom. The summed E-state index contributed by atoms with van der Waals surface area (Å²) >= 11 is 0. The van der Waals surface area contributed by atoms with Crippen LogP contribution < -0.4 is 4.74 Å². The first-order chi connectivity index (χ1) is 11.2. The smallest absolute Gasteiger partial charge is 0.193 e. The van der Waals surface area contributed by atoms with Crippen molar-refractivity contribution in [1.82, 2.24) is 0 Å². The van der Waals surface area contributed by atoms with Gasteiger partial charge >= 0.3 is 0 Å². The normalized spacial score (nSPS) is 11.5. The maximum Gasteiger partial charge on any atom is 0.193 e. The van der Waals surface area contributed by atoms with Gasteiger partial charge in [0.2, 0.25) is 0 Å². The molecule has 0 bridgehead atoms. The van der Waals surface area contributed by atoms with E-state index in [1.54, 1.807) is 31.6 Å². The number of ether oxygens (including phenoxy) is 2. The van der Waals surface area contributed by atoms with Gasteiger partial charge in [0.1, 0.15) is 17.1 Å². The number of benzene rings is 2. The summed E-state index contributed by atoms with van der Waals surface area (Å²) in [5.74, 6) is 0.816. The average molecular weight is 308 g/mol. The highest BCUT2D eigenvalue weighted by Crippen LogP contribution is 2.31. The van der Waals surface area contributed by atoms with E-state index in [0.717, 1.165) is 10.9 Å². The van der Waals surface area contributed by atoms with Crippen LogP contribution in [-0.4, -0.2) is 20.0 Å². The molecular weight excluding hydrogens is 292 g/mol. The maximum atomic E-state index is 12.7. The molecule has 0 spiro atoms. The molecule has 0 radical (unpaired) electrons. The van der Waals surface area contributed by atoms with Crippen molar-refractivity contribution in [2.45, 2.75) is 0 Å². The van der Waals surface area contributed by atoms with E-state index in [-0.39, 0.29) is 5.78 Å². The molecule has 0 saturated carbocycles. The molecule has 0 aliphatic rings. The Labute approximate surface area is 133 Å². The summed E-state index contributed by atoms with van der Waals surface area (Å²) in [6, 6.07) is 14.7. The van der Waals surface area contributed by atoms with Gasteiger partial charge in [-0.2, -0.15) is 0 Å². The molecule has 116 valence electrons. The SMILES string of the molecule is COC(=CC(=O)c1ccc2occc2c1OC)c1ccccc1. The molecule has 0 saturated heterocycles. The minimum Gasteiger partial charge on any atom is -0.496 e. The second kappa shape index (κ2) is 6.40. The number of allylic oxidation sites excluding steroid dienone is 1. The monoisotopic (exact) mass is 308 g/mol. The standard InChI is InChI=1S/C19H16O4/c1-21-18(13-6-4-3-5-7-13)12-16(20)14-8-9-17-15(10-11-23-17)19(14)22-2/h3-12H,1-2H3. The van der Waals surface area contributed by atoms with Gasteiger partial charge in [-0.1, -0.05) is 30.3 Å². The van der Waals surface area contributed by atoms with E-state index in [2.05, 4.69) is 0 Å². The van der Waals surface area contributed by atoms with Gasteiger partial charge in [0.15, 0.2) is 5.78 Å². The summed E-state index contributed by atoms with van der Waals surface area (Å²) in [5.41, 5.74) is 1.98. The predicted molar refractivity (Wildman–Crippen MR) is 88.5 cm³/mol. The second-order valence-electron chi connectivity index (χ2n) is 4.92. The zero-order chi connectivity index (χ0) is 16.2. The molecule has 0 N–H and O–H groups in total. The van der Waals surface area contributed by atoms with Gasteiger partial charge in [0, 0.05) is 11.6 Å². The van der Waals surface area contributed by atoms with Crippen molar-refractivity contribution in [2.24, 2.45) is 0 Å². The Kier molecular flexibility index (Phi) is 4.15. The van der Waals surface area contributed by atoms with E-state index in [9.17, 15) is 4.79 Å². The van der Waals surface area contributed by atoms with Crippen molar-refractivity contribution < 1.29 is 18.7 Å². The number of hydrogen-bond acceptors (Lipinski definition) is 4. The Morgan fingerprint density at radius 2 is 1.83 bits per heavy atom. The third-order valence-corrected chi connectivity index (χ3v) is 3.60. The van der Waals surface area contributed by atoms with Gasteiger partial charge < -0.3 is 13.9 Å². The molecule has 0 atom stereocenters. The van der Waals surface area contributed by atoms with Gasteiger partial charge in [-0.15, -0.1) is 0 Å². The van der Waals surface area contributed by atoms with E-state index in [1.165, 1.54) is 13.2 Å². The van der Waals surface area contributed by atoms with Gasteiger partial charge in [-0.3, -0.25) is 4.79 Å².